The molecule has 2 rings (SSSR count). The summed E-state index contributed by atoms with van der Waals surface area (Å²) in [6, 6.07) is 10.4. The Morgan fingerprint density at radius 3 is 2.65 bits per heavy atom. The second-order valence-corrected chi connectivity index (χ2v) is 4.42. The molecule has 1 heterocycles. The van der Waals surface area contributed by atoms with E-state index in [1.54, 1.807) is 0 Å². The molecule has 0 spiro atoms. The lowest BCUT2D eigenvalue weighted by atomic mass is 9.98. The average molecular weight is 233 g/mol. The molecule has 92 valence electrons. The zero-order valence-electron chi connectivity index (χ0n) is 10.4. The minimum Gasteiger partial charge on any atom is -0.465 e. The van der Waals surface area contributed by atoms with Crippen molar-refractivity contribution in [2.24, 2.45) is 5.92 Å². The van der Waals surface area contributed by atoms with Gasteiger partial charge in [0.1, 0.15) is 0 Å². The predicted octanol–water partition coefficient (Wildman–Crippen LogP) is 2.46. The van der Waals surface area contributed by atoms with Crippen LogP contribution in [0.1, 0.15) is 20.3 Å². The van der Waals surface area contributed by atoms with Crippen molar-refractivity contribution in [3.8, 4) is 0 Å². The third-order valence-corrected chi connectivity index (χ3v) is 3.48. The topological polar surface area (TPSA) is 29.5 Å². The van der Waals surface area contributed by atoms with Crippen LogP contribution in [0.25, 0.3) is 0 Å². The van der Waals surface area contributed by atoms with Gasteiger partial charge in [-0.1, -0.05) is 18.2 Å². The van der Waals surface area contributed by atoms with E-state index in [0.717, 1.165) is 13.0 Å². The van der Waals surface area contributed by atoms with Crippen LogP contribution in [-0.4, -0.2) is 25.2 Å². The molecule has 1 fully saturated rings. The summed E-state index contributed by atoms with van der Waals surface area (Å²) in [4.78, 5) is 13.9. The Morgan fingerprint density at radius 1 is 1.41 bits per heavy atom. The van der Waals surface area contributed by atoms with Crippen LogP contribution >= 0.6 is 0 Å². The van der Waals surface area contributed by atoms with E-state index in [9.17, 15) is 4.79 Å². The van der Waals surface area contributed by atoms with Crippen molar-refractivity contribution in [2.45, 2.75) is 26.3 Å². The summed E-state index contributed by atoms with van der Waals surface area (Å²) in [5.74, 6) is -0.0398. The highest BCUT2D eigenvalue weighted by Gasteiger charge is 2.34. The fourth-order valence-electron chi connectivity index (χ4n) is 2.49. The molecule has 17 heavy (non-hydrogen) atoms. The van der Waals surface area contributed by atoms with Gasteiger partial charge in [-0.05, 0) is 32.4 Å². The van der Waals surface area contributed by atoms with E-state index >= 15 is 0 Å². The van der Waals surface area contributed by atoms with E-state index in [0.29, 0.717) is 6.61 Å². The highest BCUT2D eigenvalue weighted by molar-refractivity contribution is 5.75. The summed E-state index contributed by atoms with van der Waals surface area (Å²) in [7, 11) is 0. The minimum atomic E-state index is -0.0492. The number of hydrogen-bond donors (Lipinski definition) is 0. The van der Waals surface area contributed by atoms with Gasteiger partial charge in [-0.15, -0.1) is 0 Å². The number of ether oxygens (including phenoxy) is 1. The van der Waals surface area contributed by atoms with Crippen molar-refractivity contribution < 1.29 is 9.53 Å². The number of nitrogens with zero attached hydrogens (tertiary/aromatic N) is 1. The molecule has 1 saturated heterocycles. The van der Waals surface area contributed by atoms with E-state index in [-0.39, 0.29) is 17.9 Å². The summed E-state index contributed by atoms with van der Waals surface area (Å²) >= 11 is 0. The van der Waals surface area contributed by atoms with Crippen molar-refractivity contribution in [1.82, 2.24) is 0 Å². The van der Waals surface area contributed by atoms with Crippen molar-refractivity contribution in [3.63, 3.8) is 0 Å². The maximum atomic E-state index is 11.6. The van der Waals surface area contributed by atoms with Crippen LogP contribution in [0.4, 0.5) is 5.69 Å². The van der Waals surface area contributed by atoms with Crippen LogP contribution in [0.5, 0.6) is 0 Å². The summed E-state index contributed by atoms with van der Waals surface area (Å²) < 4.78 is 5.05. The first-order chi connectivity index (χ1) is 8.24. The van der Waals surface area contributed by atoms with Gasteiger partial charge in [0, 0.05) is 18.3 Å². The van der Waals surface area contributed by atoms with Gasteiger partial charge in [-0.25, -0.2) is 0 Å². The second-order valence-electron chi connectivity index (χ2n) is 4.42. The number of carbonyl (C=O) groups is 1. The maximum Gasteiger partial charge on any atom is 0.311 e. The molecular formula is C14H19NO2. The Labute approximate surface area is 102 Å². The molecule has 0 radical (unpaired) electrons. The molecule has 0 aromatic heterocycles. The van der Waals surface area contributed by atoms with Gasteiger partial charge in [0.25, 0.3) is 0 Å². The third kappa shape index (κ3) is 2.43. The number of benzene rings is 1. The van der Waals surface area contributed by atoms with E-state index in [4.69, 9.17) is 4.74 Å². The van der Waals surface area contributed by atoms with Gasteiger partial charge < -0.3 is 9.64 Å². The van der Waals surface area contributed by atoms with Gasteiger partial charge in [0.2, 0.25) is 0 Å². The monoisotopic (exact) mass is 233 g/mol. The average Bonchev–Trinajstić information content (AvgIpc) is 2.77. The highest BCUT2D eigenvalue weighted by Crippen LogP contribution is 2.26. The molecule has 1 aliphatic rings. The molecule has 1 aliphatic heterocycles. The number of esters is 1. The minimum absolute atomic E-state index is 0.00940. The largest absolute Gasteiger partial charge is 0.465 e. The number of hydrogen-bond acceptors (Lipinski definition) is 3. The maximum absolute atomic E-state index is 11.6. The summed E-state index contributed by atoms with van der Waals surface area (Å²) in [5.41, 5.74) is 1.17. The Hall–Kier alpha value is -1.51. The molecular weight excluding hydrogens is 214 g/mol. The number of cyclic esters (lactones) is 1. The molecule has 1 aromatic carbocycles. The Kier molecular flexibility index (Phi) is 3.67. The van der Waals surface area contributed by atoms with Crippen molar-refractivity contribution in [1.29, 1.82) is 0 Å². The van der Waals surface area contributed by atoms with Gasteiger partial charge in [0.05, 0.1) is 12.5 Å². The van der Waals surface area contributed by atoms with E-state index in [1.165, 1.54) is 5.69 Å². The van der Waals surface area contributed by atoms with Crippen LogP contribution in [-0.2, 0) is 9.53 Å². The first-order valence-electron chi connectivity index (χ1n) is 6.22. The number of anilines is 1. The Balaban J connectivity index is 2.15. The van der Waals surface area contributed by atoms with Crippen LogP contribution < -0.4 is 4.90 Å². The number of carbonyl (C=O) groups excluding carboxylic acids is 1. The lowest BCUT2D eigenvalue weighted by Gasteiger charge is -2.32. The second kappa shape index (κ2) is 5.21. The first-order valence-corrected chi connectivity index (χ1v) is 6.22. The van der Waals surface area contributed by atoms with E-state index in [2.05, 4.69) is 30.9 Å². The summed E-state index contributed by atoms with van der Waals surface area (Å²) in [6.07, 6.45) is 0.837. The fourth-order valence-corrected chi connectivity index (χ4v) is 2.49. The van der Waals surface area contributed by atoms with Crippen LogP contribution in [0.15, 0.2) is 30.3 Å². The lowest BCUT2D eigenvalue weighted by Crippen LogP contribution is -2.40. The first kappa shape index (κ1) is 12.0. The van der Waals surface area contributed by atoms with Gasteiger partial charge in [-0.3, -0.25) is 4.79 Å². The zero-order chi connectivity index (χ0) is 12.3. The molecule has 3 heteroatoms. The quantitative estimate of drug-likeness (QED) is 0.748. The molecule has 0 bridgehead atoms. The van der Waals surface area contributed by atoms with Crippen LogP contribution in [0, 0.1) is 5.92 Å². The van der Waals surface area contributed by atoms with Crippen LogP contribution in [0.3, 0.4) is 0 Å². The summed E-state index contributed by atoms with van der Waals surface area (Å²) in [5, 5.41) is 0. The van der Waals surface area contributed by atoms with Crippen LogP contribution in [0.2, 0.25) is 0 Å². The number of rotatable bonds is 4. The molecule has 1 aromatic rings. The van der Waals surface area contributed by atoms with Gasteiger partial charge in [0.15, 0.2) is 0 Å². The Morgan fingerprint density at radius 2 is 2.12 bits per heavy atom. The van der Waals surface area contributed by atoms with Gasteiger partial charge >= 0.3 is 5.97 Å². The molecule has 3 nitrogen and oxygen atoms in total. The molecule has 2 unspecified atom stereocenters. The zero-order valence-corrected chi connectivity index (χ0v) is 10.4. The van der Waals surface area contributed by atoms with Crippen molar-refractivity contribution in [3.05, 3.63) is 30.3 Å². The smallest absolute Gasteiger partial charge is 0.311 e. The number of para-hydroxylation sites is 1. The molecule has 0 amide bonds. The lowest BCUT2D eigenvalue weighted by molar-refractivity contribution is -0.141. The van der Waals surface area contributed by atoms with Crippen molar-refractivity contribution in [2.75, 3.05) is 18.1 Å². The van der Waals surface area contributed by atoms with Gasteiger partial charge in [-0.2, -0.15) is 0 Å². The SMILES string of the molecule is CCN(c1ccccc1)C(C)C1CCOC1=O. The molecule has 0 N–H and O–H groups in total. The predicted molar refractivity (Wildman–Crippen MR) is 68.0 cm³/mol. The molecule has 2 atom stereocenters. The van der Waals surface area contributed by atoms with E-state index in [1.807, 2.05) is 18.2 Å². The molecule has 0 saturated carbocycles. The Bertz CT molecular complexity index is 377. The molecule has 0 aliphatic carbocycles. The third-order valence-electron chi connectivity index (χ3n) is 3.48. The normalized spacial score (nSPS) is 21.1. The summed E-state index contributed by atoms with van der Waals surface area (Å²) in [6.45, 7) is 5.69. The fraction of sp³-hybridized carbons (Fsp3) is 0.500. The van der Waals surface area contributed by atoms with Crippen molar-refractivity contribution >= 4 is 11.7 Å². The highest BCUT2D eigenvalue weighted by atomic mass is 16.5. The van der Waals surface area contributed by atoms with E-state index < -0.39 is 0 Å². The standard InChI is InChI=1S/C14H19NO2/c1-3-15(12-7-5-4-6-8-12)11(2)13-9-10-17-14(13)16/h4-8,11,13H,3,9-10H2,1-2H3.